The first-order valence-electron chi connectivity index (χ1n) is 12.9. The third-order valence-corrected chi connectivity index (χ3v) is 8.52. The van der Waals surface area contributed by atoms with Crippen LogP contribution in [0.2, 0.25) is 0 Å². The topological polar surface area (TPSA) is 33.7 Å². The molecule has 1 aromatic rings. The van der Waals surface area contributed by atoms with Crippen molar-refractivity contribution in [2.24, 2.45) is 11.8 Å². The quantitative estimate of drug-likeness (QED) is 0.732. The van der Waals surface area contributed by atoms with Gasteiger partial charge in [0, 0.05) is 31.8 Å². The number of hydrogen-bond acceptors (Lipinski definition) is 4. The number of hydrogen-bond donors (Lipinski definition) is 1. The van der Waals surface area contributed by atoms with Crippen molar-refractivity contribution in [1.29, 1.82) is 0 Å². The van der Waals surface area contributed by atoms with Crippen molar-refractivity contribution >= 4 is 0 Å². The van der Waals surface area contributed by atoms with E-state index in [1.54, 1.807) is 11.1 Å². The molecule has 4 saturated heterocycles. The number of nitrogens with zero attached hydrogens (tertiary/aromatic N) is 1. The van der Waals surface area contributed by atoms with E-state index in [0.717, 1.165) is 44.1 Å². The van der Waals surface area contributed by atoms with Crippen LogP contribution in [0.1, 0.15) is 69.4 Å². The molecule has 4 heterocycles. The van der Waals surface area contributed by atoms with Crippen molar-refractivity contribution in [2.45, 2.75) is 82.4 Å². The van der Waals surface area contributed by atoms with Gasteiger partial charge in [0.25, 0.3) is 0 Å². The molecular weight excluding hydrogens is 384 g/mol. The molecule has 172 valence electrons. The first-order valence-corrected chi connectivity index (χ1v) is 12.9. The zero-order valence-corrected chi connectivity index (χ0v) is 19.7. The van der Waals surface area contributed by atoms with E-state index in [1.807, 2.05) is 0 Å². The molecule has 0 bridgehead atoms. The fourth-order valence-electron chi connectivity index (χ4n) is 6.58. The van der Waals surface area contributed by atoms with Crippen molar-refractivity contribution in [3.8, 4) is 0 Å². The van der Waals surface area contributed by atoms with Crippen LogP contribution in [-0.4, -0.2) is 62.0 Å². The van der Waals surface area contributed by atoms with E-state index in [-0.39, 0.29) is 5.60 Å². The highest BCUT2D eigenvalue weighted by Crippen LogP contribution is 2.41. The van der Waals surface area contributed by atoms with Gasteiger partial charge in [0.2, 0.25) is 0 Å². The lowest BCUT2D eigenvalue weighted by atomic mass is 9.78. The lowest BCUT2D eigenvalue weighted by molar-refractivity contribution is -0.0826. The zero-order valence-electron chi connectivity index (χ0n) is 19.7. The summed E-state index contributed by atoms with van der Waals surface area (Å²) in [4.78, 5) is 2.75. The average molecular weight is 427 g/mol. The minimum Gasteiger partial charge on any atom is -0.381 e. The van der Waals surface area contributed by atoms with E-state index in [9.17, 15) is 0 Å². The van der Waals surface area contributed by atoms with Gasteiger partial charge in [-0.15, -0.1) is 0 Å². The Morgan fingerprint density at radius 1 is 1.10 bits per heavy atom. The van der Waals surface area contributed by atoms with Crippen LogP contribution < -0.4 is 5.32 Å². The van der Waals surface area contributed by atoms with Crippen molar-refractivity contribution in [2.75, 3.05) is 39.5 Å². The lowest BCUT2D eigenvalue weighted by Gasteiger charge is -2.48. The van der Waals surface area contributed by atoms with Gasteiger partial charge in [0.15, 0.2) is 0 Å². The van der Waals surface area contributed by atoms with Gasteiger partial charge in [-0.05, 0) is 86.9 Å². The van der Waals surface area contributed by atoms with Crippen LogP contribution in [0, 0.1) is 11.8 Å². The van der Waals surface area contributed by atoms with Crippen molar-refractivity contribution in [3.63, 3.8) is 0 Å². The maximum absolute atomic E-state index is 6.46. The summed E-state index contributed by atoms with van der Waals surface area (Å²) in [5, 5.41) is 3.65. The molecular formula is C27H42N2O2. The van der Waals surface area contributed by atoms with Gasteiger partial charge in [0.05, 0.1) is 12.2 Å². The maximum Gasteiger partial charge on any atom is 0.0974 e. The number of likely N-dealkylation sites (tertiary alicyclic amines) is 1. The van der Waals surface area contributed by atoms with Crippen LogP contribution in [0.3, 0.4) is 0 Å². The van der Waals surface area contributed by atoms with Crippen LogP contribution in [0.4, 0.5) is 0 Å². The minimum atomic E-state index is 0.127. The van der Waals surface area contributed by atoms with Gasteiger partial charge in [0.1, 0.15) is 0 Å². The molecule has 4 nitrogen and oxygen atoms in total. The van der Waals surface area contributed by atoms with Gasteiger partial charge in [-0.3, -0.25) is 4.90 Å². The number of rotatable bonds is 6. The van der Waals surface area contributed by atoms with E-state index in [2.05, 4.69) is 48.3 Å². The fraction of sp³-hybridized carbons (Fsp3) is 0.778. The van der Waals surface area contributed by atoms with Crippen LogP contribution in [0.15, 0.2) is 24.3 Å². The van der Waals surface area contributed by atoms with Gasteiger partial charge in [-0.1, -0.05) is 38.1 Å². The molecule has 31 heavy (non-hydrogen) atoms. The summed E-state index contributed by atoms with van der Waals surface area (Å²) in [6.45, 7) is 11.0. The first kappa shape index (κ1) is 21.9. The molecule has 5 rings (SSSR count). The molecule has 1 N–H and O–H groups in total. The van der Waals surface area contributed by atoms with Crippen LogP contribution >= 0.6 is 0 Å². The summed E-state index contributed by atoms with van der Waals surface area (Å²) >= 11 is 0. The van der Waals surface area contributed by atoms with Crippen LogP contribution in [0.5, 0.6) is 0 Å². The average Bonchev–Trinajstić information content (AvgIpc) is 3.26. The minimum absolute atomic E-state index is 0.127. The smallest absolute Gasteiger partial charge is 0.0974 e. The highest BCUT2D eigenvalue weighted by atomic mass is 16.5. The summed E-state index contributed by atoms with van der Waals surface area (Å²) in [6.07, 6.45) is 8.74. The number of nitrogens with one attached hydrogen (secondary N) is 1. The Hall–Kier alpha value is -0.940. The standard InChI is InChI=1S/C27H42N2O2/c1-20(2)15-26-27(19-28-26)17-24(18-31-27)29-11-7-22(8-12-29)25-6-4-3-5-23(25)16-21-9-13-30-14-10-21/h3-6,20-22,24,26,28H,7-19H2,1-2H3/t24-,26?,27?/m0/s1. The number of piperidine rings is 1. The first-order chi connectivity index (χ1) is 15.1. The molecule has 3 atom stereocenters. The Kier molecular flexibility index (Phi) is 6.71. The van der Waals surface area contributed by atoms with Gasteiger partial charge >= 0.3 is 0 Å². The Morgan fingerprint density at radius 2 is 1.87 bits per heavy atom. The molecule has 0 amide bonds. The second-order valence-corrected chi connectivity index (χ2v) is 11.1. The summed E-state index contributed by atoms with van der Waals surface area (Å²) in [5.74, 6) is 2.26. The zero-order chi connectivity index (χ0) is 21.3. The second-order valence-electron chi connectivity index (χ2n) is 11.1. The van der Waals surface area contributed by atoms with Crippen LogP contribution in [0.25, 0.3) is 0 Å². The molecule has 4 aliphatic rings. The Morgan fingerprint density at radius 3 is 2.58 bits per heavy atom. The predicted octanol–water partition coefficient (Wildman–Crippen LogP) is 4.38. The molecule has 4 heteroatoms. The summed E-state index contributed by atoms with van der Waals surface area (Å²) < 4.78 is 12.0. The van der Waals surface area contributed by atoms with Crippen molar-refractivity contribution < 1.29 is 9.47 Å². The maximum atomic E-state index is 6.46. The molecule has 0 saturated carbocycles. The predicted molar refractivity (Wildman–Crippen MR) is 126 cm³/mol. The van der Waals surface area contributed by atoms with Gasteiger partial charge in [-0.25, -0.2) is 0 Å². The summed E-state index contributed by atoms with van der Waals surface area (Å²) in [5.41, 5.74) is 3.36. The van der Waals surface area contributed by atoms with Crippen molar-refractivity contribution in [3.05, 3.63) is 35.4 Å². The van der Waals surface area contributed by atoms with E-state index >= 15 is 0 Å². The Labute approximate surface area is 189 Å². The largest absolute Gasteiger partial charge is 0.381 e. The lowest BCUT2D eigenvalue weighted by Crippen LogP contribution is -2.68. The highest BCUT2D eigenvalue weighted by Gasteiger charge is 2.53. The van der Waals surface area contributed by atoms with Crippen molar-refractivity contribution in [1.82, 2.24) is 10.2 Å². The third-order valence-electron chi connectivity index (χ3n) is 8.52. The molecule has 0 aromatic heterocycles. The van der Waals surface area contributed by atoms with Crippen LogP contribution in [-0.2, 0) is 15.9 Å². The monoisotopic (exact) mass is 426 g/mol. The molecule has 0 aliphatic carbocycles. The second kappa shape index (κ2) is 9.51. The summed E-state index contributed by atoms with van der Waals surface area (Å²) in [7, 11) is 0. The SMILES string of the molecule is CC(C)CC1NCC12C[C@H](N1CCC(c3ccccc3CC3CCOCC3)CC1)CO2. The Bertz CT molecular complexity index is 724. The molecule has 2 unspecified atom stereocenters. The molecule has 0 radical (unpaired) electrons. The highest BCUT2D eigenvalue weighted by molar-refractivity contribution is 5.31. The van der Waals surface area contributed by atoms with Gasteiger partial charge < -0.3 is 14.8 Å². The fourth-order valence-corrected chi connectivity index (χ4v) is 6.58. The molecule has 4 fully saturated rings. The molecule has 1 aromatic carbocycles. The third kappa shape index (κ3) is 4.73. The molecule has 4 aliphatic heterocycles. The van der Waals surface area contributed by atoms with E-state index in [4.69, 9.17) is 9.47 Å². The molecule has 1 spiro atoms. The normalized spacial score (nSPS) is 33.3. The van der Waals surface area contributed by atoms with Gasteiger partial charge in [-0.2, -0.15) is 0 Å². The number of benzene rings is 1. The number of ether oxygens (including phenoxy) is 2. The van der Waals surface area contributed by atoms with E-state index in [1.165, 1.54) is 58.0 Å². The van der Waals surface area contributed by atoms with E-state index in [0.29, 0.717) is 12.1 Å². The summed E-state index contributed by atoms with van der Waals surface area (Å²) in [6, 6.07) is 10.5. The van der Waals surface area contributed by atoms with E-state index < -0.39 is 0 Å². The Balaban J connectivity index is 1.16.